The third-order valence-electron chi connectivity index (χ3n) is 2.03. The van der Waals surface area contributed by atoms with Crippen LogP contribution in [0.15, 0.2) is 42.9 Å². The first-order valence-corrected chi connectivity index (χ1v) is 4.43. The van der Waals surface area contributed by atoms with Gasteiger partial charge in [0.05, 0.1) is 11.9 Å². The predicted molar refractivity (Wildman–Crippen MR) is 56.0 cm³/mol. The summed E-state index contributed by atoms with van der Waals surface area (Å²) in [6.45, 7) is 0. The van der Waals surface area contributed by atoms with Gasteiger partial charge in [0.1, 0.15) is 0 Å². The molecule has 4 heteroatoms. The van der Waals surface area contributed by atoms with E-state index in [2.05, 4.69) is 9.97 Å². The lowest BCUT2D eigenvalue weighted by molar-refractivity contribution is 0.100. The molecule has 0 spiro atoms. The maximum atomic E-state index is 10.8. The van der Waals surface area contributed by atoms with E-state index in [-0.39, 0.29) is 0 Å². The summed E-state index contributed by atoms with van der Waals surface area (Å²) in [6, 6.07) is 6.94. The third kappa shape index (κ3) is 1.99. The van der Waals surface area contributed by atoms with Gasteiger partial charge in [0.25, 0.3) is 0 Å². The first-order valence-electron chi connectivity index (χ1n) is 4.43. The summed E-state index contributed by atoms with van der Waals surface area (Å²) in [4.78, 5) is 19.0. The Morgan fingerprint density at radius 1 is 1.13 bits per heavy atom. The molecular formula is C11H9N3O. The number of hydrogen-bond acceptors (Lipinski definition) is 3. The van der Waals surface area contributed by atoms with Crippen LogP contribution in [0.1, 0.15) is 10.4 Å². The van der Waals surface area contributed by atoms with E-state index in [4.69, 9.17) is 5.73 Å². The van der Waals surface area contributed by atoms with Gasteiger partial charge in [-0.25, -0.2) is 0 Å². The van der Waals surface area contributed by atoms with E-state index in [1.807, 2.05) is 0 Å². The van der Waals surface area contributed by atoms with Crippen LogP contribution < -0.4 is 5.73 Å². The lowest BCUT2D eigenvalue weighted by atomic mass is 10.1. The quantitative estimate of drug-likeness (QED) is 0.791. The van der Waals surface area contributed by atoms with Gasteiger partial charge >= 0.3 is 0 Å². The highest BCUT2D eigenvalue weighted by molar-refractivity contribution is 5.93. The maximum Gasteiger partial charge on any atom is 0.248 e. The van der Waals surface area contributed by atoms with E-state index in [0.29, 0.717) is 5.56 Å². The van der Waals surface area contributed by atoms with Crippen LogP contribution in [0.3, 0.4) is 0 Å². The standard InChI is InChI=1S/C11H9N3O/c12-11(15)9-3-1-8(2-4-9)10-7-13-5-6-14-10/h1-7H,(H2,12,15). The number of amides is 1. The summed E-state index contributed by atoms with van der Waals surface area (Å²) in [5.74, 6) is -0.430. The summed E-state index contributed by atoms with van der Waals surface area (Å²) < 4.78 is 0. The summed E-state index contributed by atoms with van der Waals surface area (Å²) >= 11 is 0. The molecule has 0 atom stereocenters. The van der Waals surface area contributed by atoms with Crippen molar-refractivity contribution in [2.45, 2.75) is 0 Å². The average molecular weight is 199 g/mol. The van der Waals surface area contributed by atoms with Crippen molar-refractivity contribution in [3.05, 3.63) is 48.4 Å². The average Bonchev–Trinajstić information content (AvgIpc) is 2.30. The van der Waals surface area contributed by atoms with Crippen LogP contribution in [0, 0.1) is 0 Å². The van der Waals surface area contributed by atoms with Crippen LogP contribution in [-0.4, -0.2) is 15.9 Å². The number of rotatable bonds is 2. The van der Waals surface area contributed by atoms with Gasteiger partial charge in [-0.1, -0.05) is 12.1 Å². The van der Waals surface area contributed by atoms with Crippen molar-refractivity contribution >= 4 is 5.91 Å². The molecule has 0 bridgehead atoms. The Balaban J connectivity index is 2.36. The van der Waals surface area contributed by atoms with Crippen molar-refractivity contribution < 1.29 is 4.79 Å². The molecule has 4 nitrogen and oxygen atoms in total. The van der Waals surface area contributed by atoms with Crippen molar-refractivity contribution in [3.63, 3.8) is 0 Å². The van der Waals surface area contributed by atoms with Gasteiger partial charge in [0.15, 0.2) is 0 Å². The number of nitrogens with two attached hydrogens (primary N) is 1. The number of benzene rings is 1. The van der Waals surface area contributed by atoms with Crippen molar-refractivity contribution in [1.29, 1.82) is 0 Å². The van der Waals surface area contributed by atoms with Crippen LogP contribution in [0.4, 0.5) is 0 Å². The molecule has 0 aliphatic rings. The van der Waals surface area contributed by atoms with E-state index in [1.54, 1.807) is 42.9 Å². The molecule has 0 fully saturated rings. The molecule has 0 saturated carbocycles. The molecule has 0 unspecified atom stereocenters. The summed E-state index contributed by atoms with van der Waals surface area (Å²) in [5, 5.41) is 0. The molecule has 1 amide bonds. The Kier molecular flexibility index (Phi) is 2.41. The monoisotopic (exact) mass is 199 g/mol. The molecule has 2 rings (SSSR count). The van der Waals surface area contributed by atoms with Gasteiger partial charge < -0.3 is 5.73 Å². The highest BCUT2D eigenvalue weighted by atomic mass is 16.1. The number of primary amides is 1. The second kappa shape index (κ2) is 3.88. The minimum absolute atomic E-state index is 0.430. The zero-order chi connectivity index (χ0) is 10.7. The SMILES string of the molecule is NC(=O)c1ccc(-c2cnccn2)cc1. The zero-order valence-corrected chi connectivity index (χ0v) is 7.92. The fourth-order valence-corrected chi connectivity index (χ4v) is 1.25. The number of hydrogen-bond donors (Lipinski definition) is 1. The highest BCUT2D eigenvalue weighted by Crippen LogP contribution is 2.15. The van der Waals surface area contributed by atoms with Crippen LogP contribution >= 0.6 is 0 Å². The number of carbonyl (C=O) groups is 1. The fourth-order valence-electron chi connectivity index (χ4n) is 1.25. The molecular weight excluding hydrogens is 190 g/mol. The van der Waals surface area contributed by atoms with Gasteiger partial charge in [-0.15, -0.1) is 0 Å². The van der Waals surface area contributed by atoms with E-state index in [9.17, 15) is 4.79 Å². The first-order chi connectivity index (χ1) is 7.27. The van der Waals surface area contributed by atoms with Gasteiger partial charge in [-0.05, 0) is 12.1 Å². The predicted octanol–water partition coefficient (Wildman–Crippen LogP) is 1.24. The fraction of sp³-hybridized carbons (Fsp3) is 0. The molecule has 0 aliphatic carbocycles. The number of aromatic nitrogens is 2. The molecule has 1 heterocycles. The third-order valence-corrected chi connectivity index (χ3v) is 2.03. The van der Waals surface area contributed by atoms with Crippen molar-refractivity contribution in [2.24, 2.45) is 5.73 Å². The van der Waals surface area contributed by atoms with Crippen molar-refractivity contribution in [3.8, 4) is 11.3 Å². The number of nitrogens with zero attached hydrogens (tertiary/aromatic N) is 2. The van der Waals surface area contributed by atoms with Gasteiger partial charge in [-0.2, -0.15) is 0 Å². The Labute approximate surface area is 86.8 Å². The van der Waals surface area contributed by atoms with Gasteiger partial charge in [-0.3, -0.25) is 14.8 Å². The minimum Gasteiger partial charge on any atom is -0.366 e. The highest BCUT2D eigenvalue weighted by Gasteiger charge is 2.01. The Hall–Kier alpha value is -2.23. The summed E-state index contributed by atoms with van der Waals surface area (Å²) in [6.07, 6.45) is 4.90. The molecule has 0 radical (unpaired) electrons. The molecule has 74 valence electrons. The second-order valence-corrected chi connectivity index (χ2v) is 3.03. The molecule has 2 aromatic rings. The van der Waals surface area contributed by atoms with E-state index >= 15 is 0 Å². The first kappa shape index (κ1) is 9.33. The largest absolute Gasteiger partial charge is 0.366 e. The normalized spacial score (nSPS) is 9.87. The van der Waals surface area contributed by atoms with Crippen LogP contribution in [0.5, 0.6) is 0 Å². The molecule has 2 N–H and O–H groups in total. The number of carbonyl (C=O) groups excluding carboxylic acids is 1. The van der Waals surface area contributed by atoms with Crippen LogP contribution in [0.2, 0.25) is 0 Å². The Morgan fingerprint density at radius 2 is 1.87 bits per heavy atom. The lowest BCUT2D eigenvalue weighted by Gasteiger charge is -2.00. The lowest BCUT2D eigenvalue weighted by Crippen LogP contribution is -2.10. The molecule has 1 aromatic carbocycles. The summed E-state index contributed by atoms with van der Waals surface area (Å²) in [7, 11) is 0. The van der Waals surface area contributed by atoms with Gasteiger partial charge in [0.2, 0.25) is 5.91 Å². The topological polar surface area (TPSA) is 68.9 Å². The molecule has 0 saturated heterocycles. The minimum atomic E-state index is -0.430. The second-order valence-electron chi connectivity index (χ2n) is 3.03. The smallest absolute Gasteiger partial charge is 0.248 e. The zero-order valence-electron chi connectivity index (χ0n) is 7.92. The summed E-state index contributed by atoms with van der Waals surface area (Å²) in [5.41, 5.74) is 7.31. The molecule has 1 aromatic heterocycles. The van der Waals surface area contributed by atoms with Crippen molar-refractivity contribution in [1.82, 2.24) is 9.97 Å². The van der Waals surface area contributed by atoms with E-state index in [0.717, 1.165) is 11.3 Å². The van der Waals surface area contributed by atoms with Gasteiger partial charge in [0, 0.05) is 23.5 Å². The Morgan fingerprint density at radius 3 is 2.40 bits per heavy atom. The maximum absolute atomic E-state index is 10.8. The van der Waals surface area contributed by atoms with E-state index in [1.165, 1.54) is 0 Å². The van der Waals surface area contributed by atoms with E-state index < -0.39 is 5.91 Å². The Bertz CT molecular complexity index is 465. The van der Waals surface area contributed by atoms with Crippen LogP contribution in [0.25, 0.3) is 11.3 Å². The van der Waals surface area contributed by atoms with Crippen LogP contribution in [-0.2, 0) is 0 Å². The molecule has 15 heavy (non-hydrogen) atoms. The molecule has 0 aliphatic heterocycles. The van der Waals surface area contributed by atoms with Crippen molar-refractivity contribution in [2.75, 3.05) is 0 Å².